The first-order chi connectivity index (χ1) is 8.81. The Morgan fingerprint density at radius 3 is 2.94 bits per heavy atom. The minimum absolute atomic E-state index is 0.110. The molecular weight excluding hydrogens is 246 g/mol. The number of anilines is 1. The van der Waals surface area contributed by atoms with E-state index < -0.39 is 0 Å². The van der Waals surface area contributed by atoms with Crippen molar-refractivity contribution in [1.82, 2.24) is 10.3 Å². The SMILES string of the molecule is CCNCc1ccccc1NC(=O)c1cncs1. The molecule has 0 spiro atoms. The fraction of sp³-hybridized carbons (Fsp3) is 0.231. The number of carbonyl (C=O) groups excluding carboxylic acids is 1. The molecule has 0 atom stereocenters. The van der Waals surface area contributed by atoms with Crippen LogP contribution < -0.4 is 10.6 Å². The largest absolute Gasteiger partial charge is 0.321 e. The van der Waals surface area contributed by atoms with Crippen LogP contribution in [-0.4, -0.2) is 17.4 Å². The van der Waals surface area contributed by atoms with Crippen molar-refractivity contribution in [2.45, 2.75) is 13.5 Å². The Kier molecular flexibility index (Phi) is 4.44. The summed E-state index contributed by atoms with van der Waals surface area (Å²) in [5.74, 6) is -0.110. The summed E-state index contributed by atoms with van der Waals surface area (Å²) in [4.78, 5) is 16.5. The fourth-order valence-corrected chi connectivity index (χ4v) is 2.08. The molecule has 0 fully saturated rings. The van der Waals surface area contributed by atoms with Crippen molar-refractivity contribution in [2.24, 2.45) is 0 Å². The second-order valence-electron chi connectivity index (χ2n) is 3.76. The molecule has 18 heavy (non-hydrogen) atoms. The third-order valence-electron chi connectivity index (χ3n) is 2.49. The molecule has 0 bridgehead atoms. The maximum Gasteiger partial charge on any atom is 0.267 e. The molecule has 0 aliphatic rings. The van der Waals surface area contributed by atoms with Crippen molar-refractivity contribution >= 4 is 22.9 Å². The number of hydrogen-bond donors (Lipinski definition) is 2. The molecule has 0 aliphatic heterocycles. The lowest BCUT2D eigenvalue weighted by Gasteiger charge is -2.10. The predicted molar refractivity (Wildman–Crippen MR) is 73.9 cm³/mol. The molecular formula is C13H15N3OS. The van der Waals surface area contributed by atoms with Gasteiger partial charge >= 0.3 is 0 Å². The summed E-state index contributed by atoms with van der Waals surface area (Å²) >= 11 is 1.34. The maximum atomic E-state index is 11.9. The lowest BCUT2D eigenvalue weighted by atomic mass is 10.1. The van der Waals surface area contributed by atoms with Gasteiger partial charge in [-0.2, -0.15) is 0 Å². The molecule has 0 unspecified atom stereocenters. The quantitative estimate of drug-likeness (QED) is 0.869. The highest BCUT2D eigenvalue weighted by Gasteiger charge is 2.09. The van der Waals surface area contributed by atoms with Crippen molar-refractivity contribution in [3.8, 4) is 0 Å². The van der Waals surface area contributed by atoms with Crippen LogP contribution in [0.3, 0.4) is 0 Å². The van der Waals surface area contributed by atoms with Crippen molar-refractivity contribution in [2.75, 3.05) is 11.9 Å². The maximum absolute atomic E-state index is 11.9. The third kappa shape index (κ3) is 3.15. The van der Waals surface area contributed by atoms with Gasteiger partial charge in [0.05, 0.1) is 11.7 Å². The monoisotopic (exact) mass is 261 g/mol. The molecule has 0 saturated heterocycles. The van der Waals surface area contributed by atoms with Crippen molar-refractivity contribution in [3.05, 3.63) is 46.4 Å². The number of carbonyl (C=O) groups is 1. The summed E-state index contributed by atoms with van der Waals surface area (Å²) in [6.45, 7) is 3.70. The Bertz CT molecular complexity index is 511. The van der Waals surface area contributed by atoms with Crippen LogP contribution in [0, 0.1) is 0 Å². The number of thiazole rings is 1. The molecule has 2 aromatic rings. The minimum atomic E-state index is -0.110. The number of benzene rings is 1. The zero-order chi connectivity index (χ0) is 12.8. The van der Waals surface area contributed by atoms with Crippen molar-refractivity contribution in [1.29, 1.82) is 0 Å². The Hall–Kier alpha value is -1.72. The predicted octanol–water partition coefficient (Wildman–Crippen LogP) is 2.50. The van der Waals surface area contributed by atoms with Gasteiger partial charge in [0.15, 0.2) is 0 Å². The topological polar surface area (TPSA) is 54.0 Å². The minimum Gasteiger partial charge on any atom is -0.321 e. The number of aromatic nitrogens is 1. The number of rotatable bonds is 5. The van der Waals surface area contributed by atoms with E-state index in [4.69, 9.17) is 0 Å². The third-order valence-corrected chi connectivity index (χ3v) is 3.26. The second kappa shape index (κ2) is 6.28. The molecule has 1 aromatic carbocycles. The van der Waals surface area contributed by atoms with Gasteiger partial charge in [0.2, 0.25) is 0 Å². The Balaban J connectivity index is 2.11. The lowest BCUT2D eigenvalue weighted by Crippen LogP contribution is -2.16. The van der Waals surface area contributed by atoms with Crippen LogP contribution in [0.4, 0.5) is 5.69 Å². The zero-order valence-electron chi connectivity index (χ0n) is 10.1. The van der Waals surface area contributed by atoms with Gasteiger partial charge in [-0.15, -0.1) is 11.3 Å². The van der Waals surface area contributed by atoms with Crippen LogP contribution in [0.2, 0.25) is 0 Å². The lowest BCUT2D eigenvalue weighted by molar-refractivity contribution is 0.103. The first kappa shape index (κ1) is 12.7. The molecule has 0 radical (unpaired) electrons. The molecule has 2 N–H and O–H groups in total. The number of nitrogens with zero attached hydrogens (tertiary/aromatic N) is 1. The number of nitrogens with one attached hydrogen (secondary N) is 2. The summed E-state index contributed by atoms with van der Waals surface area (Å²) in [7, 11) is 0. The first-order valence-electron chi connectivity index (χ1n) is 5.79. The number of amides is 1. The van der Waals surface area contributed by atoms with Crippen LogP contribution in [0.5, 0.6) is 0 Å². The molecule has 1 aromatic heterocycles. The van der Waals surface area contributed by atoms with Crippen molar-refractivity contribution < 1.29 is 4.79 Å². The van der Waals surface area contributed by atoms with Gasteiger partial charge in [0.25, 0.3) is 5.91 Å². The number of hydrogen-bond acceptors (Lipinski definition) is 4. The molecule has 1 amide bonds. The molecule has 2 rings (SSSR count). The van der Waals surface area contributed by atoms with Crippen LogP contribution >= 0.6 is 11.3 Å². The van der Waals surface area contributed by atoms with E-state index in [1.807, 2.05) is 24.3 Å². The molecule has 0 aliphatic carbocycles. The van der Waals surface area contributed by atoms with Crippen LogP contribution in [0.1, 0.15) is 22.2 Å². The molecule has 4 nitrogen and oxygen atoms in total. The van der Waals surface area contributed by atoms with Gasteiger partial charge in [-0.25, -0.2) is 0 Å². The second-order valence-corrected chi connectivity index (χ2v) is 4.64. The van der Waals surface area contributed by atoms with Gasteiger partial charge in [-0.1, -0.05) is 25.1 Å². The highest BCUT2D eigenvalue weighted by molar-refractivity contribution is 7.11. The summed E-state index contributed by atoms with van der Waals surface area (Å²) in [5.41, 5.74) is 3.58. The van der Waals surface area contributed by atoms with E-state index in [0.717, 1.165) is 24.3 Å². The van der Waals surface area contributed by atoms with Crippen LogP contribution in [0.15, 0.2) is 36.0 Å². The van der Waals surface area contributed by atoms with Gasteiger partial charge in [-0.05, 0) is 18.2 Å². The Morgan fingerprint density at radius 2 is 2.22 bits per heavy atom. The van der Waals surface area contributed by atoms with E-state index in [1.165, 1.54) is 11.3 Å². The molecule has 5 heteroatoms. The van der Waals surface area contributed by atoms with Gasteiger partial charge < -0.3 is 10.6 Å². The van der Waals surface area contributed by atoms with Crippen molar-refractivity contribution in [3.63, 3.8) is 0 Å². The van der Waals surface area contributed by atoms with Crippen LogP contribution in [-0.2, 0) is 6.54 Å². The first-order valence-corrected chi connectivity index (χ1v) is 6.67. The molecule has 0 saturated carbocycles. The van der Waals surface area contributed by atoms with Crippen LogP contribution in [0.25, 0.3) is 0 Å². The average Bonchev–Trinajstić information content (AvgIpc) is 2.91. The van der Waals surface area contributed by atoms with E-state index in [-0.39, 0.29) is 5.91 Å². The summed E-state index contributed by atoms with van der Waals surface area (Å²) < 4.78 is 0. The normalized spacial score (nSPS) is 10.3. The summed E-state index contributed by atoms with van der Waals surface area (Å²) in [6.07, 6.45) is 1.58. The Labute approximate surface area is 110 Å². The van der Waals surface area contributed by atoms with E-state index in [9.17, 15) is 4.79 Å². The van der Waals surface area contributed by atoms with Gasteiger partial charge in [-0.3, -0.25) is 9.78 Å². The van der Waals surface area contributed by atoms with E-state index in [1.54, 1.807) is 11.7 Å². The smallest absolute Gasteiger partial charge is 0.267 e. The fourth-order valence-electron chi connectivity index (χ4n) is 1.57. The van der Waals surface area contributed by atoms with E-state index >= 15 is 0 Å². The number of para-hydroxylation sites is 1. The van der Waals surface area contributed by atoms with E-state index in [2.05, 4.69) is 22.5 Å². The highest BCUT2D eigenvalue weighted by Crippen LogP contribution is 2.17. The summed E-state index contributed by atoms with van der Waals surface area (Å²) in [5, 5.41) is 6.17. The average molecular weight is 261 g/mol. The van der Waals surface area contributed by atoms with Gasteiger partial charge in [0, 0.05) is 12.2 Å². The van der Waals surface area contributed by atoms with Gasteiger partial charge in [0.1, 0.15) is 4.88 Å². The molecule has 1 heterocycles. The van der Waals surface area contributed by atoms with E-state index in [0.29, 0.717) is 4.88 Å². The Morgan fingerprint density at radius 1 is 1.39 bits per heavy atom. The molecule has 94 valence electrons. The standard InChI is InChI=1S/C13H15N3OS/c1-2-14-7-10-5-3-4-6-11(10)16-13(17)12-8-15-9-18-12/h3-6,8-9,14H,2,7H2,1H3,(H,16,17). The summed E-state index contributed by atoms with van der Waals surface area (Å²) in [6, 6.07) is 7.79. The zero-order valence-corrected chi connectivity index (χ0v) is 11.0. The highest BCUT2D eigenvalue weighted by atomic mass is 32.1.